The van der Waals surface area contributed by atoms with Crippen LogP contribution in [0.4, 0.5) is 0 Å². The molecule has 0 saturated heterocycles. The van der Waals surface area contributed by atoms with Crippen LogP contribution < -0.4 is 4.74 Å². The van der Waals surface area contributed by atoms with Gasteiger partial charge in [-0.1, -0.05) is 12.1 Å². The lowest BCUT2D eigenvalue weighted by atomic mass is 10.1. The Labute approximate surface area is 142 Å². The van der Waals surface area contributed by atoms with Crippen LogP contribution in [0.5, 0.6) is 5.75 Å². The Morgan fingerprint density at radius 1 is 1.05 bits per heavy atom. The second-order valence-corrected chi connectivity index (χ2v) is 6.38. The molecule has 3 nitrogen and oxygen atoms in total. The highest BCUT2D eigenvalue weighted by Crippen LogP contribution is 2.28. The minimum absolute atomic E-state index is 0.812. The van der Waals surface area contributed by atoms with Gasteiger partial charge in [-0.25, -0.2) is 4.68 Å². The Kier molecular flexibility index (Phi) is 4.55. The van der Waals surface area contributed by atoms with Crippen molar-refractivity contribution in [1.29, 1.82) is 0 Å². The van der Waals surface area contributed by atoms with Gasteiger partial charge >= 0.3 is 0 Å². The standard InChI is InChI=1S/C17H15BrN2OS/c1-21-14-7-5-13(6-8-14)20-16(11-17(18)19-20)12-3-9-15(22-2)10-4-12/h3-11H,1-2H3. The Hall–Kier alpha value is -1.72. The van der Waals surface area contributed by atoms with Gasteiger partial charge in [0.2, 0.25) is 0 Å². The van der Waals surface area contributed by atoms with E-state index in [1.165, 1.54) is 4.90 Å². The monoisotopic (exact) mass is 374 g/mol. The Bertz CT molecular complexity index is 701. The van der Waals surface area contributed by atoms with Gasteiger partial charge in [0.1, 0.15) is 10.4 Å². The first kappa shape index (κ1) is 15.2. The smallest absolute Gasteiger partial charge is 0.129 e. The van der Waals surface area contributed by atoms with Crippen LogP contribution in [0, 0.1) is 0 Å². The third-order valence-electron chi connectivity index (χ3n) is 3.38. The fraction of sp³-hybridized carbons (Fsp3) is 0.118. The fourth-order valence-electron chi connectivity index (χ4n) is 2.24. The number of benzene rings is 2. The van der Waals surface area contributed by atoms with Crippen molar-refractivity contribution in [2.24, 2.45) is 0 Å². The van der Waals surface area contributed by atoms with Gasteiger partial charge in [0.25, 0.3) is 0 Å². The first-order chi connectivity index (χ1) is 10.7. The average molecular weight is 375 g/mol. The van der Waals surface area contributed by atoms with E-state index in [-0.39, 0.29) is 0 Å². The lowest BCUT2D eigenvalue weighted by Crippen LogP contribution is -1.99. The zero-order valence-electron chi connectivity index (χ0n) is 12.3. The molecule has 2 aromatic carbocycles. The number of nitrogens with zero attached hydrogens (tertiary/aromatic N) is 2. The van der Waals surface area contributed by atoms with E-state index in [0.717, 1.165) is 27.3 Å². The summed E-state index contributed by atoms with van der Waals surface area (Å²) in [4.78, 5) is 1.25. The van der Waals surface area contributed by atoms with Gasteiger partial charge in [0.15, 0.2) is 0 Å². The number of thioether (sulfide) groups is 1. The SMILES string of the molecule is COc1ccc(-n2nc(Br)cc2-c2ccc(SC)cc2)cc1. The molecule has 0 spiro atoms. The van der Waals surface area contributed by atoms with Crippen LogP contribution in [-0.2, 0) is 0 Å². The van der Waals surface area contributed by atoms with Crippen LogP contribution in [-0.4, -0.2) is 23.1 Å². The molecule has 0 aliphatic heterocycles. The minimum atomic E-state index is 0.812. The highest BCUT2D eigenvalue weighted by atomic mass is 79.9. The van der Waals surface area contributed by atoms with Crippen LogP contribution in [0.3, 0.4) is 0 Å². The molecular formula is C17H15BrN2OS. The predicted molar refractivity (Wildman–Crippen MR) is 95.0 cm³/mol. The summed E-state index contributed by atoms with van der Waals surface area (Å²) in [5.41, 5.74) is 3.17. The second-order valence-electron chi connectivity index (χ2n) is 4.69. The average Bonchev–Trinajstić information content (AvgIpc) is 2.97. The second kappa shape index (κ2) is 6.58. The maximum atomic E-state index is 5.21. The molecule has 0 aliphatic rings. The third-order valence-corrected chi connectivity index (χ3v) is 4.51. The summed E-state index contributed by atoms with van der Waals surface area (Å²) < 4.78 is 7.95. The molecule has 22 heavy (non-hydrogen) atoms. The van der Waals surface area contributed by atoms with E-state index in [2.05, 4.69) is 51.5 Å². The molecule has 0 bridgehead atoms. The van der Waals surface area contributed by atoms with E-state index in [0.29, 0.717) is 0 Å². The molecule has 3 aromatic rings. The Morgan fingerprint density at radius 3 is 2.32 bits per heavy atom. The van der Waals surface area contributed by atoms with Gasteiger partial charge in [-0.2, -0.15) is 5.10 Å². The molecule has 5 heteroatoms. The largest absolute Gasteiger partial charge is 0.497 e. The maximum Gasteiger partial charge on any atom is 0.129 e. The first-order valence-corrected chi connectivity index (χ1v) is 8.77. The van der Waals surface area contributed by atoms with Crippen molar-refractivity contribution in [2.45, 2.75) is 4.90 Å². The molecule has 0 amide bonds. The number of aromatic nitrogens is 2. The summed E-state index contributed by atoms with van der Waals surface area (Å²) in [6.07, 6.45) is 2.08. The molecule has 1 aromatic heterocycles. The van der Waals surface area contributed by atoms with Crippen molar-refractivity contribution in [3.63, 3.8) is 0 Å². The molecule has 0 saturated carbocycles. The maximum absolute atomic E-state index is 5.21. The zero-order chi connectivity index (χ0) is 15.5. The number of halogens is 1. The number of rotatable bonds is 4. The van der Waals surface area contributed by atoms with E-state index in [4.69, 9.17) is 4.74 Å². The summed E-state index contributed by atoms with van der Waals surface area (Å²) in [6, 6.07) is 18.4. The molecular weight excluding hydrogens is 360 g/mol. The van der Waals surface area contributed by atoms with Crippen LogP contribution in [0.15, 0.2) is 64.1 Å². The van der Waals surface area contributed by atoms with E-state index >= 15 is 0 Å². The normalized spacial score (nSPS) is 10.7. The van der Waals surface area contributed by atoms with Crippen molar-refractivity contribution in [1.82, 2.24) is 9.78 Å². The summed E-state index contributed by atoms with van der Waals surface area (Å²) in [5.74, 6) is 0.834. The van der Waals surface area contributed by atoms with Crippen LogP contribution in [0.25, 0.3) is 16.9 Å². The van der Waals surface area contributed by atoms with Gasteiger partial charge in [0, 0.05) is 10.5 Å². The minimum Gasteiger partial charge on any atom is -0.497 e. The first-order valence-electron chi connectivity index (χ1n) is 6.75. The number of ether oxygens (including phenoxy) is 1. The van der Waals surface area contributed by atoms with Crippen molar-refractivity contribution in [3.05, 3.63) is 59.2 Å². The Morgan fingerprint density at radius 2 is 1.73 bits per heavy atom. The molecule has 0 atom stereocenters. The number of methoxy groups -OCH3 is 1. The molecule has 0 N–H and O–H groups in total. The van der Waals surface area contributed by atoms with Gasteiger partial charge in [-0.05, 0) is 64.7 Å². The lowest BCUT2D eigenvalue weighted by molar-refractivity contribution is 0.414. The predicted octanol–water partition coefficient (Wildman–Crippen LogP) is 5.03. The Balaban J connectivity index is 2.04. The molecule has 1 heterocycles. The molecule has 112 valence electrons. The van der Waals surface area contributed by atoms with Gasteiger partial charge < -0.3 is 4.74 Å². The third kappa shape index (κ3) is 3.05. The molecule has 0 aliphatic carbocycles. The van der Waals surface area contributed by atoms with E-state index in [9.17, 15) is 0 Å². The summed E-state index contributed by atoms with van der Waals surface area (Å²) >= 11 is 5.21. The fourth-order valence-corrected chi connectivity index (χ4v) is 3.02. The van der Waals surface area contributed by atoms with Crippen molar-refractivity contribution >= 4 is 27.7 Å². The number of hydrogen-bond donors (Lipinski definition) is 0. The van der Waals surface area contributed by atoms with E-state index in [1.807, 2.05) is 35.0 Å². The summed E-state index contributed by atoms with van der Waals surface area (Å²) in [7, 11) is 1.66. The highest BCUT2D eigenvalue weighted by molar-refractivity contribution is 9.10. The van der Waals surface area contributed by atoms with Crippen molar-refractivity contribution < 1.29 is 4.74 Å². The van der Waals surface area contributed by atoms with Crippen LogP contribution in [0.2, 0.25) is 0 Å². The van der Waals surface area contributed by atoms with E-state index in [1.54, 1.807) is 18.9 Å². The van der Waals surface area contributed by atoms with Crippen LogP contribution in [0.1, 0.15) is 0 Å². The molecule has 0 radical (unpaired) electrons. The summed E-state index contributed by atoms with van der Waals surface area (Å²) in [5, 5.41) is 4.54. The van der Waals surface area contributed by atoms with Gasteiger partial charge in [0.05, 0.1) is 18.5 Å². The quantitative estimate of drug-likeness (QED) is 0.599. The lowest BCUT2D eigenvalue weighted by Gasteiger charge is -2.09. The number of hydrogen-bond acceptors (Lipinski definition) is 3. The van der Waals surface area contributed by atoms with Gasteiger partial charge in [-0.3, -0.25) is 0 Å². The van der Waals surface area contributed by atoms with Gasteiger partial charge in [-0.15, -0.1) is 11.8 Å². The van der Waals surface area contributed by atoms with E-state index < -0.39 is 0 Å². The topological polar surface area (TPSA) is 27.1 Å². The van der Waals surface area contributed by atoms with Crippen molar-refractivity contribution in [3.8, 4) is 22.7 Å². The molecule has 3 rings (SSSR count). The van der Waals surface area contributed by atoms with Crippen LogP contribution >= 0.6 is 27.7 Å². The molecule has 0 fully saturated rings. The molecule has 0 unspecified atom stereocenters. The zero-order valence-corrected chi connectivity index (χ0v) is 14.7. The summed E-state index contributed by atoms with van der Waals surface area (Å²) in [6.45, 7) is 0. The van der Waals surface area contributed by atoms with Crippen molar-refractivity contribution in [2.75, 3.05) is 13.4 Å². The highest BCUT2D eigenvalue weighted by Gasteiger charge is 2.10.